The van der Waals surface area contributed by atoms with Crippen molar-refractivity contribution in [3.05, 3.63) is 54.1 Å². The first-order chi connectivity index (χ1) is 12.7. The number of oxime groups is 1. The number of carbonyl (C=O) groups is 1. The van der Waals surface area contributed by atoms with Gasteiger partial charge in [0.2, 0.25) is 0 Å². The number of methoxy groups -OCH3 is 3. The molecule has 0 unspecified atom stereocenters. The largest absolute Gasteiger partial charge is 0.493 e. The van der Waals surface area contributed by atoms with Crippen LogP contribution in [0.4, 0.5) is 10.5 Å². The van der Waals surface area contributed by atoms with Crippen molar-refractivity contribution in [1.82, 2.24) is 0 Å². The number of anilines is 1. The lowest BCUT2D eigenvalue weighted by Crippen LogP contribution is -2.32. The Labute approximate surface area is 152 Å². The monoisotopic (exact) mass is 358 g/mol. The van der Waals surface area contributed by atoms with E-state index in [0.29, 0.717) is 17.2 Å². The number of rotatable bonds is 8. The van der Waals surface area contributed by atoms with Crippen LogP contribution in [0.5, 0.6) is 11.5 Å². The van der Waals surface area contributed by atoms with E-state index in [1.165, 1.54) is 18.2 Å². The fraction of sp³-hybridized carbons (Fsp3) is 0.263. The van der Waals surface area contributed by atoms with Crippen molar-refractivity contribution in [2.75, 3.05) is 32.8 Å². The van der Waals surface area contributed by atoms with Crippen molar-refractivity contribution in [1.29, 1.82) is 0 Å². The lowest BCUT2D eigenvalue weighted by atomic mass is 10.2. The summed E-state index contributed by atoms with van der Waals surface area (Å²) in [6.45, 7) is 0.489. The first-order valence-electron chi connectivity index (χ1n) is 7.94. The van der Waals surface area contributed by atoms with Crippen LogP contribution in [-0.2, 0) is 16.2 Å². The van der Waals surface area contributed by atoms with E-state index in [1.807, 2.05) is 42.5 Å². The molecule has 7 heteroatoms. The molecule has 1 amide bonds. The molecule has 7 nitrogen and oxygen atoms in total. The van der Waals surface area contributed by atoms with E-state index in [0.717, 1.165) is 5.56 Å². The number of hydrogen-bond acceptors (Lipinski definition) is 6. The summed E-state index contributed by atoms with van der Waals surface area (Å²) in [7, 11) is 4.49. The number of carbonyl (C=O) groups excluding carboxylic acids is 1. The van der Waals surface area contributed by atoms with Gasteiger partial charge in [-0.15, -0.1) is 0 Å². The number of amides is 1. The van der Waals surface area contributed by atoms with Crippen LogP contribution >= 0.6 is 0 Å². The summed E-state index contributed by atoms with van der Waals surface area (Å²) in [6, 6.07) is 14.7. The Hall–Kier alpha value is -3.22. The summed E-state index contributed by atoms with van der Waals surface area (Å²) in [5, 5.41) is 3.90. The standard InChI is InChI=1S/C19H22N2O5/c1-23-17-10-9-15(13-18(17)24-2)14-26-20-11-12-21(19(22)25-3)16-7-5-4-6-8-16/h4-11,13H,12,14H2,1-3H3/b20-11+. The van der Waals surface area contributed by atoms with Crippen LogP contribution in [0.15, 0.2) is 53.7 Å². The molecule has 2 aromatic rings. The minimum atomic E-state index is -0.470. The Morgan fingerprint density at radius 1 is 1.04 bits per heavy atom. The molecule has 2 rings (SSSR count). The Morgan fingerprint density at radius 3 is 2.42 bits per heavy atom. The van der Waals surface area contributed by atoms with Gasteiger partial charge in [0.1, 0.15) is 6.61 Å². The highest BCUT2D eigenvalue weighted by molar-refractivity contribution is 5.91. The van der Waals surface area contributed by atoms with Crippen molar-refractivity contribution in [2.24, 2.45) is 5.16 Å². The van der Waals surface area contributed by atoms with Crippen LogP contribution in [0.2, 0.25) is 0 Å². The van der Waals surface area contributed by atoms with Gasteiger partial charge in [0.05, 0.1) is 34.1 Å². The van der Waals surface area contributed by atoms with Gasteiger partial charge < -0.3 is 19.0 Å². The molecular formula is C19H22N2O5. The quantitative estimate of drug-likeness (QED) is 0.534. The van der Waals surface area contributed by atoms with Gasteiger partial charge in [-0.05, 0) is 29.8 Å². The van der Waals surface area contributed by atoms with Crippen molar-refractivity contribution >= 4 is 18.0 Å². The van der Waals surface area contributed by atoms with Gasteiger partial charge in [-0.25, -0.2) is 4.79 Å². The zero-order valence-electron chi connectivity index (χ0n) is 15.0. The molecule has 0 aliphatic heterocycles. The van der Waals surface area contributed by atoms with E-state index >= 15 is 0 Å². The average Bonchev–Trinajstić information content (AvgIpc) is 2.70. The Morgan fingerprint density at radius 2 is 1.77 bits per heavy atom. The molecular weight excluding hydrogens is 336 g/mol. The summed E-state index contributed by atoms with van der Waals surface area (Å²) in [6.07, 6.45) is 1.03. The first kappa shape index (κ1) is 19.1. The topological polar surface area (TPSA) is 69.6 Å². The second-order valence-corrected chi connectivity index (χ2v) is 5.17. The second-order valence-electron chi connectivity index (χ2n) is 5.17. The van der Waals surface area contributed by atoms with Crippen LogP contribution in [0.25, 0.3) is 0 Å². The van der Waals surface area contributed by atoms with E-state index in [-0.39, 0.29) is 13.2 Å². The van der Waals surface area contributed by atoms with Gasteiger partial charge in [-0.1, -0.05) is 29.4 Å². The second kappa shape index (κ2) is 9.93. The normalized spacial score (nSPS) is 10.4. The highest BCUT2D eigenvalue weighted by atomic mass is 16.6. The van der Waals surface area contributed by atoms with E-state index in [1.54, 1.807) is 20.3 Å². The third kappa shape index (κ3) is 5.14. The molecule has 0 saturated carbocycles. The average molecular weight is 358 g/mol. The molecule has 26 heavy (non-hydrogen) atoms. The van der Waals surface area contributed by atoms with Crippen LogP contribution in [0.1, 0.15) is 5.56 Å². The van der Waals surface area contributed by atoms with Crippen LogP contribution in [0, 0.1) is 0 Å². The number of ether oxygens (including phenoxy) is 3. The van der Waals surface area contributed by atoms with Gasteiger partial charge in [0, 0.05) is 5.69 Å². The number of hydrogen-bond donors (Lipinski definition) is 0. The van der Waals surface area contributed by atoms with E-state index in [4.69, 9.17) is 19.0 Å². The van der Waals surface area contributed by atoms with Crippen molar-refractivity contribution in [3.8, 4) is 11.5 Å². The number of benzene rings is 2. The first-order valence-corrected chi connectivity index (χ1v) is 7.94. The summed E-state index contributed by atoms with van der Waals surface area (Å²) >= 11 is 0. The Kier molecular flexibility index (Phi) is 7.30. The molecule has 0 N–H and O–H groups in total. The zero-order valence-corrected chi connectivity index (χ0v) is 15.0. The summed E-state index contributed by atoms with van der Waals surface area (Å²) in [5.41, 5.74) is 1.60. The smallest absolute Gasteiger partial charge is 0.414 e. The lowest BCUT2D eigenvalue weighted by Gasteiger charge is -2.18. The third-order valence-corrected chi connectivity index (χ3v) is 3.56. The molecule has 0 aliphatic rings. The number of nitrogens with zero attached hydrogens (tertiary/aromatic N) is 2. The van der Waals surface area contributed by atoms with Gasteiger partial charge >= 0.3 is 6.09 Å². The summed E-state index contributed by atoms with van der Waals surface area (Å²) in [5.74, 6) is 1.27. The van der Waals surface area contributed by atoms with Gasteiger partial charge in [-0.2, -0.15) is 0 Å². The minimum absolute atomic E-state index is 0.225. The molecule has 0 radical (unpaired) electrons. The molecule has 0 heterocycles. The predicted octanol–water partition coefficient (Wildman–Crippen LogP) is 3.48. The molecule has 2 aromatic carbocycles. The van der Waals surface area contributed by atoms with Gasteiger partial charge in [0.25, 0.3) is 0 Å². The molecule has 0 atom stereocenters. The maximum absolute atomic E-state index is 11.9. The summed E-state index contributed by atoms with van der Waals surface area (Å²) in [4.78, 5) is 18.6. The Bertz CT molecular complexity index is 734. The SMILES string of the molecule is COC(=O)N(C/C=N/OCc1ccc(OC)c(OC)c1)c1ccccc1. The summed E-state index contributed by atoms with van der Waals surface area (Å²) < 4.78 is 15.2. The van der Waals surface area contributed by atoms with Crippen molar-refractivity contribution < 1.29 is 23.8 Å². The maximum Gasteiger partial charge on any atom is 0.414 e. The van der Waals surface area contributed by atoms with Crippen molar-refractivity contribution in [3.63, 3.8) is 0 Å². The van der Waals surface area contributed by atoms with Crippen LogP contribution < -0.4 is 14.4 Å². The van der Waals surface area contributed by atoms with Gasteiger partial charge in [0.15, 0.2) is 11.5 Å². The van der Waals surface area contributed by atoms with E-state index in [9.17, 15) is 4.79 Å². The molecule has 0 spiro atoms. The molecule has 138 valence electrons. The highest BCUT2D eigenvalue weighted by Gasteiger charge is 2.14. The minimum Gasteiger partial charge on any atom is -0.493 e. The Balaban J connectivity index is 1.92. The van der Waals surface area contributed by atoms with E-state index < -0.39 is 6.09 Å². The maximum atomic E-state index is 11.9. The van der Waals surface area contributed by atoms with Crippen LogP contribution in [-0.4, -0.2) is 40.2 Å². The fourth-order valence-electron chi connectivity index (χ4n) is 2.25. The fourth-order valence-corrected chi connectivity index (χ4v) is 2.25. The molecule has 0 saturated heterocycles. The molecule has 0 aromatic heterocycles. The molecule has 0 aliphatic carbocycles. The van der Waals surface area contributed by atoms with Gasteiger partial charge in [-0.3, -0.25) is 4.90 Å². The van der Waals surface area contributed by atoms with Crippen molar-refractivity contribution in [2.45, 2.75) is 6.61 Å². The van der Waals surface area contributed by atoms with Crippen LogP contribution in [0.3, 0.4) is 0 Å². The molecule has 0 bridgehead atoms. The van der Waals surface area contributed by atoms with E-state index in [2.05, 4.69) is 5.16 Å². The zero-order chi connectivity index (χ0) is 18.8. The predicted molar refractivity (Wildman–Crippen MR) is 99.0 cm³/mol. The third-order valence-electron chi connectivity index (χ3n) is 3.56. The molecule has 0 fully saturated rings. The lowest BCUT2D eigenvalue weighted by molar-refractivity contribution is 0.131. The number of para-hydroxylation sites is 1. The highest BCUT2D eigenvalue weighted by Crippen LogP contribution is 2.27.